The van der Waals surface area contributed by atoms with Gasteiger partial charge in [-0.05, 0) is 35.2 Å². The third kappa shape index (κ3) is 4.53. The number of aromatic nitrogens is 3. The van der Waals surface area contributed by atoms with Crippen LogP contribution in [0.4, 0.5) is 5.69 Å². The predicted molar refractivity (Wildman–Crippen MR) is 130 cm³/mol. The quantitative estimate of drug-likeness (QED) is 0.434. The van der Waals surface area contributed by atoms with Crippen molar-refractivity contribution < 1.29 is 9.53 Å². The zero-order valence-corrected chi connectivity index (χ0v) is 19.2. The van der Waals surface area contributed by atoms with E-state index in [0.717, 1.165) is 48.1 Å². The molecule has 7 nitrogen and oxygen atoms in total. The minimum Gasteiger partial charge on any atom is -0.378 e. The number of carbonyl (C=O) groups is 1. The largest absolute Gasteiger partial charge is 0.378 e. The summed E-state index contributed by atoms with van der Waals surface area (Å²) < 4.78 is 7.24. The van der Waals surface area contributed by atoms with E-state index < -0.39 is 0 Å². The van der Waals surface area contributed by atoms with E-state index in [1.807, 2.05) is 60.0 Å². The first-order valence-corrected chi connectivity index (χ1v) is 11.8. The van der Waals surface area contributed by atoms with E-state index in [-0.39, 0.29) is 11.7 Å². The molecule has 0 aliphatic carbocycles. The molecule has 2 aromatic heterocycles. The van der Waals surface area contributed by atoms with Crippen LogP contribution < -0.4 is 4.90 Å². The topological polar surface area (TPSA) is 63.5 Å². The van der Waals surface area contributed by atoms with Gasteiger partial charge in [-0.3, -0.25) is 4.79 Å². The smallest absolute Gasteiger partial charge is 0.293 e. The molecular formula is C25H25N5O2S. The summed E-state index contributed by atoms with van der Waals surface area (Å²) in [6, 6.07) is 22.0. The molecule has 0 bridgehead atoms. The fourth-order valence-corrected chi connectivity index (χ4v) is 4.67. The van der Waals surface area contributed by atoms with Crippen LogP contribution in [0.25, 0.3) is 16.4 Å². The van der Waals surface area contributed by atoms with Crippen molar-refractivity contribution in [3.63, 3.8) is 0 Å². The number of hydrogen-bond donors (Lipinski definition) is 0. The number of thiophene rings is 1. The summed E-state index contributed by atoms with van der Waals surface area (Å²) in [5, 5.41) is 6.60. The Bertz CT molecular complexity index is 1220. The van der Waals surface area contributed by atoms with Crippen molar-refractivity contribution in [3.8, 4) is 16.4 Å². The van der Waals surface area contributed by atoms with Crippen LogP contribution in [0, 0.1) is 0 Å². The first kappa shape index (κ1) is 21.4. The van der Waals surface area contributed by atoms with Crippen LogP contribution in [0.15, 0.2) is 72.1 Å². The van der Waals surface area contributed by atoms with E-state index >= 15 is 0 Å². The van der Waals surface area contributed by atoms with Gasteiger partial charge in [0.05, 0.1) is 23.8 Å². The van der Waals surface area contributed by atoms with Gasteiger partial charge in [-0.1, -0.05) is 42.5 Å². The first-order valence-electron chi connectivity index (χ1n) is 10.9. The average Bonchev–Trinajstić information content (AvgIpc) is 3.55. The second-order valence-electron chi connectivity index (χ2n) is 7.87. The third-order valence-corrected chi connectivity index (χ3v) is 6.50. The lowest BCUT2D eigenvalue weighted by atomic mass is 10.1. The summed E-state index contributed by atoms with van der Waals surface area (Å²) in [5.74, 6) is 0.648. The Hall–Kier alpha value is -3.49. The van der Waals surface area contributed by atoms with E-state index in [1.165, 1.54) is 0 Å². The van der Waals surface area contributed by atoms with Crippen LogP contribution in [0.1, 0.15) is 16.2 Å². The Labute approximate surface area is 196 Å². The molecule has 3 heterocycles. The molecule has 0 radical (unpaired) electrons. The zero-order valence-electron chi connectivity index (χ0n) is 18.4. The molecular weight excluding hydrogens is 434 g/mol. The number of nitrogens with zero attached hydrogens (tertiary/aromatic N) is 5. The highest BCUT2D eigenvalue weighted by atomic mass is 32.1. The van der Waals surface area contributed by atoms with E-state index in [2.05, 4.69) is 27.1 Å². The molecule has 5 rings (SSSR count). The van der Waals surface area contributed by atoms with Gasteiger partial charge in [0, 0.05) is 32.4 Å². The maximum atomic E-state index is 13.4. The number of amides is 1. The molecule has 2 aromatic carbocycles. The maximum absolute atomic E-state index is 13.4. The van der Waals surface area contributed by atoms with Gasteiger partial charge in [0.25, 0.3) is 5.91 Å². The van der Waals surface area contributed by atoms with Crippen LogP contribution in [-0.2, 0) is 11.3 Å². The summed E-state index contributed by atoms with van der Waals surface area (Å²) in [6.07, 6.45) is 0. The number of anilines is 1. The summed E-state index contributed by atoms with van der Waals surface area (Å²) >= 11 is 1.57. The Morgan fingerprint density at radius 3 is 2.55 bits per heavy atom. The van der Waals surface area contributed by atoms with Crippen LogP contribution in [0.5, 0.6) is 0 Å². The fraction of sp³-hybridized carbons (Fsp3) is 0.240. The van der Waals surface area contributed by atoms with Gasteiger partial charge in [-0.2, -0.15) is 0 Å². The number of morpholine rings is 1. The molecule has 4 aromatic rings. The highest BCUT2D eigenvalue weighted by Gasteiger charge is 2.23. The lowest BCUT2D eigenvalue weighted by Crippen LogP contribution is -2.37. The van der Waals surface area contributed by atoms with Gasteiger partial charge >= 0.3 is 0 Å². The highest BCUT2D eigenvalue weighted by Crippen LogP contribution is 2.27. The number of benzene rings is 2. The van der Waals surface area contributed by atoms with Gasteiger partial charge in [-0.15, -0.1) is 16.4 Å². The molecule has 1 aliphatic rings. The third-order valence-electron chi connectivity index (χ3n) is 5.64. The molecule has 0 N–H and O–H groups in total. The SMILES string of the molecule is CN(Cc1ccccc1N1CCOCC1)C(=O)c1nc(-c2cccs2)n(-c2ccccc2)n1. The Balaban J connectivity index is 1.42. The minimum atomic E-state index is -0.209. The standard InChI is InChI=1S/C25H25N5O2S/c1-28(18-19-8-5-6-11-21(19)29-13-15-32-16-14-29)25(31)23-26-24(22-12-7-17-33-22)30(27-23)20-9-3-2-4-10-20/h2-12,17H,13-16,18H2,1H3. The van der Waals surface area contributed by atoms with E-state index in [4.69, 9.17) is 4.74 Å². The summed E-state index contributed by atoms with van der Waals surface area (Å²) in [5.41, 5.74) is 3.10. The molecule has 1 saturated heterocycles. The Morgan fingerprint density at radius 2 is 1.79 bits per heavy atom. The van der Waals surface area contributed by atoms with Crippen molar-refractivity contribution in [2.24, 2.45) is 0 Å². The van der Waals surface area contributed by atoms with Gasteiger partial charge < -0.3 is 14.5 Å². The van der Waals surface area contributed by atoms with Crippen molar-refractivity contribution in [2.75, 3.05) is 38.3 Å². The van der Waals surface area contributed by atoms with Gasteiger partial charge in [-0.25, -0.2) is 9.67 Å². The van der Waals surface area contributed by atoms with Crippen molar-refractivity contribution in [3.05, 3.63) is 83.5 Å². The molecule has 0 unspecified atom stereocenters. The Morgan fingerprint density at radius 1 is 1.03 bits per heavy atom. The number of rotatable bonds is 6. The lowest BCUT2D eigenvalue weighted by molar-refractivity contribution is 0.0773. The lowest BCUT2D eigenvalue weighted by Gasteiger charge is -2.31. The average molecular weight is 460 g/mol. The first-order chi connectivity index (χ1) is 16.2. The van der Waals surface area contributed by atoms with Crippen molar-refractivity contribution in [2.45, 2.75) is 6.54 Å². The summed E-state index contributed by atoms with van der Waals surface area (Å²) in [7, 11) is 1.80. The molecule has 1 amide bonds. The number of ether oxygens (including phenoxy) is 1. The Kier molecular flexibility index (Phi) is 6.19. The highest BCUT2D eigenvalue weighted by molar-refractivity contribution is 7.13. The molecule has 168 valence electrons. The van der Waals surface area contributed by atoms with Gasteiger partial charge in [0.15, 0.2) is 5.82 Å². The van der Waals surface area contributed by atoms with Crippen LogP contribution >= 0.6 is 11.3 Å². The van der Waals surface area contributed by atoms with Crippen molar-refractivity contribution in [1.82, 2.24) is 19.7 Å². The molecule has 1 fully saturated rings. The van der Waals surface area contributed by atoms with Crippen LogP contribution in [-0.4, -0.2) is 58.9 Å². The van der Waals surface area contributed by atoms with E-state index in [0.29, 0.717) is 12.4 Å². The van der Waals surface area contributed by atoms with Gasteiger partial charge in [0.2, 0.25) is 5.82 Å². The number of para-hydroxylation sites is 2. The second kappa shape index (κ2) is 9.56. The molecule has 0 saturated carbocycles. The summed E-state index contributed by atoms with van der Waals surface area (Å²) in [4.78, 5) is 23.0. The number of carbonyl (C=O) groups excluding carboxylic acids is 1. The van der Waals surface area contributed by atoms with Crippen molar-refractivity contribution >= 4 is 22.9 Å². The second-order valence-corrected chi connectivity index (χ2v) is 8.82. The monoisotopic (exact) mass is 459 g/mol. The summed E-state index contributed by atoms with van der Waals surface area (Å²) in [6.45, 7) is 3.61. The zero-order chi connectivity index (χ0) is 22.6. The molecule has 0 spiro atoms. The van der Waals surface area contributed by atoms with E-state index in [1.54, 1.807) is 28.0 Å². The number of hydrogen-bond acceptors (Lipinski definition) is 6. The van der Waals surface area contributed by atoms with Crippen LogP contribution in [0.2, 0.25) is 0 Å². The van der Waals surface area contributed by atoms with Crippen molar-refractivity contribution in [1.29, 1.82) is 0 Å². The predicted octanol–water partition coefficient (Wildman–Crippen LogP) is 4.10. The van der Waals surface area contributed by atoms with Crippen LogP contribution in [0.3, 0.4) is 0 Å². The van der Waals surface area contributed by atoms with Gasteiger partial charge in [0.1, 0.15) is 0 Å². The minimum absolute atomic E-state index is 0.189. The maximum Gasteiger partial charge on any atom is 0.293 e. The molecule has 0 atom stereocenters. The molecule has 8 heteroatoms. The van der Waals surface area contributed by atoms with E-state index in [9.17, 15) is 4.79 Å². The molecule has 33 heavy (non-hydrogen) atoms. The normalized spacial score (nSPS) is 13.8. The fourth-order valence-electron chi connectivity index (χ4n) is 3.97. The molecule has 1 aliphatic heterocycles.